The van der Waals surface area contributed by atoms with Crippen molar-refractivity contribution in [2.45, 2.75) is 44.6 Å². The molecule has 2 amide bonds. The van der Waals surface area contributed by atoms with Crippen molar-refractivity contribution in [1.82, 2.24) is 20.4 Å². The number of amides is 2. The molecule has 2 fully saturated rings. The Balaban J connectivity index is 1.47. The van der Waals surface area contributed by atoms with Crippen LogP contribution < -0.4 is 5.32 Å². The fourth-order valence-electron chi connectivity index (χ4n) is 2.91. The van der Waals surface area contributed by atoms with Crippen LogP contribution in [0.4, 0.5) is 4.79 Å². The topological polar surface area (TPSA) is 80.5 Å². The van der Waals surface area contributed by atoms with E-state index in [4.69, 9.17) is 9.15 Å². The fraction of sp³-hybridized carbons (Fsp3) is 0.786. The maximum absolute atomic E-state index is 12.2. The van der Waals surface area contributed by atoms with Gasteiger partial charge in [0.25, 0.3) is 0 Å². The molecule has 7 heteroatoms. The van der Waals surface area contributed by atoms with Gasteiger partial charge in [-0.25, -0.2) is 4.79 Å². The molecule has 2 aliphatic heterocycles. The van der Waals surface area contributed by atoms with Crippen LogP contribution in [-0.4, -0.2) is 53.5 Å². The first-order chi connectivity index (χ1) is 10.2. The van der Waals surface area contributed by atoms with Crippen molar-refractivity contribution in [3.8, 4) is 0 Å². The van der Waals surface area contributed by atoms with Crippen LogP contribution in [0.5, 0.6) is 0 Å². The molecule has 0 bridgehead atoms. The van der Waals surface area contributed by atoms with Crippen molar-refractivity contribution in [2.24, 2.45) is 0 Å². The number of nitrogens with zero attached hydrogens (tertiary/aromatic N) is 3. The fourth-order valence-corrected chi connectivity index (χ4v) is 2.91. The Morgan fingerprint density at radius 2 is 1.90 bits per heavy atom. The van der Waals surface area contributed by atoms with E-state index in [0.29, 0.717) is 11.8 Å². The number of likely N-dealkylation sites (tertiary alicyclic amines) is 1. The van der Waals surface area contributed by atoms with E-state index in [1.54, 1.807) is 6.92 Å². The Labute approximate surface area is 124 Å². The minimum Gasteiger partial charge on any atom is -0.425 e. The molecule has 0 radical (unpaired) electrons. The highest BCUT2D eigenvalue weighted by Gasteiger charge is 2.28. The lowest BCUT2D eigenvalue weighted by Crippen LogP contribution is -2.49. The van der Waals surface area contributed by atoms with Gasteiger partial charge in [0.05, 0.1) is 0 Å². The van der Waals surface area contributed by atoms with E-state index in [9.17, 15) is 4.79 Å². The summed E-state index contributed by atoms with van der Waals surface area (Å²) in [5.41, 5.74) is 0. The first-order valence-electron chi connectivity index (χ1n) is 7.65. The van der Waals surface area contributed by atoms with Crippen LogP contribution in [-0.2, 0) is 4.74 Å². The molecule has 3 rings (SSSR count). The SMILES string of the molecule is Cc1nnc(C2CCN(C(=O)NC3CCOCC3)CC2)o1. The Morgan fingerprint density at radius 3 is 2.52 bits per heavy atom. The van der Waals surface area contributed by atoms with Crippen LogP contribution in [0.2, 0.25) is 0 Å². The van der Waals surface area contributed by atoms with E-state index in [-0.39, 0.29) is 18.0 Å². The van der Waals surface area contributed by atoms with E-state index in [2.05, 4.69) is 15.5 Å². The van der Waals surface area contributed by atoms with Gasteiger partial charge in [0.15, 0.2) is 0 Å². The minimum absolute atomic E-state index is 0.0436. The Kier molecular flexibility index (Phi) is 4.38. The number of carbonyl (C=O) groups is 1. The first-order valence-corrected chi connectivity index (χ1v) is 7.65. The summed E-state index contributed by atoms with van der Waals surface area (Å²) in [6.45, 7) is 4.75. The van der Waals surface area contributed by atoms with E-state index < -0.39 is 0 Å². The summed E-state index contributed by atoms with van der Waals surface area (Å²) < 4.78 is 10.8. The van der Waals surface area contributed by atoms with Crippen LogP contribution in [0, 0.1) is 6.92 Å². The number of urea groups is 1. The Hall–Kier alpha value is -1.63. The number of ether oxygens (including phenoxy) is 1. The van der Waals surface area contributed by atoms with Gasteiger partial charge in [-0.3, -0.25) is 0 Å². The maximum Gasteiger partial charge on any atom is 0.317 e. The number of hydrogen-bond acceptors (Lipinski definition) is 5. The zero-order valence-electron chi connectivity index (χ0n) is 12.4. The molecule has 0 aromatic carbocycles. The number of piperidine rings is 1. The average Bonchev–Trinajstić information content (AvgIpc) is 2.95. The number of nitrogens with one attached hydrogen (secondary N) is 1. The van der Waals surface area contributed by atoms with Crippen molar-refractivity contribution < 1.29 is 13.9 Å². The summed E-state index contributed by atoms with van der Waals surface area (Å²) in [5.74, 6) is 1.58. The molecule has 2 aliphatic rings. The van der Waals surface area contributed by atoms with Gasteiger partial charge in [-0.15, -0.1) is 10.2 Å². The molecular formula is C14H22N4O3. The van der Waals surface area contributed by atoms with Gasteiger partial charge in [-0.1, -0.05) is 0 Å². The van der Waals surface area contributed by atoms with Crippen molar-refractivity contribution in [2.75, 3.05) is 26.3 Å². The summed E-state index contributed by atoms with van der Waals surface area (Å²) in [6.07, 6.45) is 3.57. The predicted octanol–water partition coefficient (Wildman–Crippen LogP) is 1.45. The van der Waals surface area contributed by atoms with Gasteiger partial charge in [0.2, 0.25) is 11.8 Å². The maximum atomic E-state index is 12.2. The lowest BCUT2D eigenvalue weighted by Gasteiger charge is -2.32. The van der Waals surface area contributed by atoms with Gasteiger partial charge < -0.3 is 19.4 Å². The number of aryl methyl sites for hydroxylation is 1. The predicted molar refractivity (Wildman–Crippen MR) is 75.0 cm³/mol. The molecule has 116 valence electrons. The highest BCUT2D eigenvalue weighted by Crippen LogP contribution is 2.27. The lowest BCUT2D eigenvalue weighted by molar-refractivity contribution is 0.0774. The van der Waals surface area contributed by atoms with Crippen LogP contribution in [0.1, 0.15) is 43.4 Å². The largest absolute Gasteiger partial charge is 0.425 e. The van der Waals surface area contributed by atoms with Crippen molar-refractivity contribution in [3.05, 3.63) is 11.8 Å². The summed E-state index contributed by atoms with van der Waals surface area (Å²) in [6, 6.07) is 0.296. The molecule has 0 saturated carbocycles. The minimum atomic E-state index is 0.0436. The van der Waals surface area contributed by atoms with Crippen molar-refractivity contribution >= 4 is 6.03 Å². The molecule has 7 nitrogen and oxygen atoms in total. The number of aromatic nitrogens is 2. The lowest BCUT2D eigenvalue weighted by atomic mass is 9.97. The Bertz CT molecular complexity index is 476. The molecule has 3 heterocycles. The number of hydrogen-bond donors (Lipinski definition) is 1. The first kappa shape index (κ1) is 14.3. The zero-order chi connectivity index (χ0) is 14.7. The zero-order valence-corrected chi connectivity index (χ0v) is 12.4. The summed E-state index contributed by atoms with van der Waals surface area (Å²) >= 11 is 0. The molecular weight excluding hydrogens is 272 g/mol. The molecule has 0 unspecified atom stereocenters. The second kappa shape index (κ2) is 6.43. The smallest absolute Gasteiger partial charge is 0.317 e. The van der Waals surface area contributed by atoms with Gasteiger partial charge in [0.1, 0.15) is 0 Å². The van der Waals surface area contributed by atoms with Crippen molar-refractivity contribution in [1.29, 1.82) is 0 Å². The van der Waals surface area contributed by atoms with Gasteiger partial charge in [-0.05, 0) is 25.7 Å². The van der Waals surface area contributed by atoms with E-state index >= 15 is 0 Å². The van der Waals surface area contributed by atoms with E-state index in [1.165, 1.54) is 0 Å². The molecule has 0 spiro atoms. The summed E-state index contributed by atoms with van der Waals surface area (Å²) in [5, 5.41) is 11.1. The van der Waals surface area contributed by atoms with Crippen LogP contribution >= 0.6 is 0 Å². The normalized spacial score (nSPS) is 21.5. The summed E-state index contributed by atoms with van der Waals surface area (Å²) in [7, 11) is 0. The second-order valence-electron chi connectivity index (χ2n) is 5.76. The van der Waals surface area contributed by atoms with Crippen LogP contribution in [0.15, 0.2) is 4.42 Å². The van der Waals surface area contributed by atoms with Gasteiger partial charge in [0, 0.05) is 45.2 Å². The molecule has 1 N–H and O–H groups in total. The molecule has 2 saturated heterocycles. The quantitative estimate of drug-likeness (QED) is 0.893. The molecule has 1 aromatic rings. The van der Waals surface area contributed by atoms with Gasteiger partial charge in [-0.2, -0.15) is 0 Å². The second-order valence-corrected chi connectivity index (χ2v) is 5.76. The Morgan fingerprint density at radius 1 is 1.19 bits per heavy atom. The monoisotopic (exact) mass is 294 g/mol. The molecule has 21 heavy (non-hydrogen) atoms. The third kappa shape index (κ3) is 3.53. The van der Waals surface area contributed by atoms with Crippen molar-refractivity contribution in [3.63, 3.8) is 0 Å². The third-order valence-electron chi connectivity index (χ3n) is 4.22. The third-order valence-corrected chi connectivity index (χ3v) is 4.22. The number of rotatable bonds is 2. The highest BCUT2D eigenvalue weighted by atomic mass is 16.5. The van der Waals surface area contributed by atoms with Gasteiger partial charge >= 0.3 is 6.03 Å². The van der Waals surface area contributed by atoms with Crippen LogP contribution in [0.3, 0.4) is 0 Å². The molecule has 0 atom stereocenters. The average molecular weight is 294 g/mol. The van der Waals surface area contributed by atoms with E-state index in [1.807, 2.05) is 4.90 Å². The molecule has 1 aromatic heterocycles. The number of carbonyl (C=O) groups excluding carboxylic acids is 1. The van der Waals surface area contributed by atoms with E-state index in [0.717, 1.165) is 52.0 Å². The molecule has 0 aliphatic carbocycles. The summed E-state index contributed by atoms with van der Waals surface area (Å²) in [4.78, 5) is 14.1. The standard InChI is InChI=1S/C14H22N4O3/c1-10-16-17-13(21-10)11-2-6-18(7-3-11)14(19)15-12-4-8-20-9-5-12/h11-12H,2-9H2,1H3,(H,15,19). The highest BCUT2D eigenvalue weighted by molar-refractivity contribution is 5.74. The van der Waals surface area contributed by atoms with Crippen LogP contribution in [0.25, 0.3) is 0 Å².